The molecular weight excluding hydrogens is 258 g/mol. The quantitative estimate of drug-likeness (QED) is 0.779. The van der Waals surface area contributed by atoms with Crippen LogP contribution in [-0.2, 0) is 4.74 Å². The molecule has 0 aliphatic carbocycles. The molecule has 0 radical (unpaired) electrons. The number of ether oxygens (including phenoxy) is 1. The van der Waals surface area contributed by atoms with Gasteiger partial charge in [-0.3, -0.25) is 0 Å². The van der Waals surface area contributed by atoms with Crippen molar-refractivity contribution in [3.8, 4) is 0 Å². The van der Waals surface area contributed by atoms with Crippen LogP contribution in [0.15, 0.2) is 4.47 Å². The molecule has 0 saturated carbocycles. The van der Waals surface area contributed by atoms with Gasteiger partial charge in [0.1, 0.15) is 0 Å². The molecule has 1 saturated heterocycles. The average Bonchev–Trinajstić information content (AvgIpc) is 2.26. The van der Waals surface area contributed by atoms with Gasteiger partial charge in [0.05, 0.1) is 29.1 Å². The van der Waals surface area contributed by atoms with E-state index < -0.39 is 0 Å². The van der Waals surface area contributed by atoms with E-state index in [1.807, 2.05) is 13.8 Å². The Bertz CT molecular complexity index is 341. The van der Waals surface area contributed by atoms with E-state index in [9.17, 15) is 0 Å². The third kappa shape index (κ3) is 2.29. The molecule has 0 amide bonds. The van der Waals surface area contributed by atoms with E-state index in [1.165, 1.54) is 0 Å². The van der Waals surface area contributed by atoms with Crippen molar-refractivity contribution in [2.75, 3.05) is 31.2 Å². The van der Waals surface area contributed by atoms with E-state index in [-0.39, 0.29) is 0 Å². The smallest absolute Gasteiger partial charge is 0.225 e. The summed E-state index contributed by atoms with van der Waals surface area (Å²) < 4.78 is 6.30. The largest absolute Gasteiger partial charge is 0.378 e. The maximum Gasteiger partial charge on any atom is 0.225 e. The zero-order valence-electron chi connectivity index (χ0n) is 8.96. The molecule has 0 spiro atoms. The molecule has 4 nitrogen and oxygen atoms in total. The van der Waals surface area contributed by atoms with Crippen LogP contribution in [0.4, 0.5) is 5.95 Å². The summed E-state index contributed by atoms with van der Waals surface area (Å²) in [5, 5.41) is 0. The van der Waals surface area contributed by atoms with Gasteiger partial charge in [0.15, 0.2) is 0 Å². The van der Waals surface area contributed by atoms with Crippen molar-refractivity contribution >= 4 is 21.9 Å². The first-order chi connectivity index (χ1) is 7.18. The van der Waals surface area contributed by atoms with Crippen molar-refractivity contribution in [2.24, 2.45) is 0 Å². The van der Waals surface area contributed by atoms with Crippen molar-refractivity contribution in [3.63, 3.8) is 0 Å². The predicted octanol–water partition coefficient (Wildman–Crippen LogP) is 1.69. The second kappa shape index (κ2) is 4.45. The average molecular weight is 272 g/mol. The Kier molecular flexibility index (Phi) is 3.21. The molecular formula is C10H14BrN3O. The number of aromatic nitrogens is 2. The van der Waals surface area contributed by atoms with Gasteiger partial charge in [-0.2, -0.15) is 0 Å². The molecule has 1 fully saturated rings. The molecule has 2 rings (SSSR count). The fraction of sp³-hybridized carbons (Fsp3) is 0.600. The minimum atomic E-state index is 0.761. The third-order valence-electron chi connectivity index (χ3n) is 2.46. The minimum absolute atomic E-state index is 0.761. The van der Waals surface area contributed by atoms with Gasteiger partial charge < -0.3 is 9.64 Å². The summed E-state index contributed by atoms with van der Waals surface area (Å²) in [6.07, 6.45) is 0. The first kappa shape index (κ1) is 10.8. The zero-order valence-corrected chi connectivity index (χ0v) is 10.5. The summed E-state index contributed by atoms with van der Waals surface area (Å²) in [6.45, 7) is 7.25. The number of hydrogen-bond donors (Lipinski definition) is 0. The summed E-state index contributed by atoms with van der Waals surface area (Å²) in [6, 6.07) is 0. The Balaban J connectivity index is 2.27. The molecule has 0 bridgehead atoms. The number of hydrogen-bond acceptors (Lipinski definition) is 4. The van der Waals surface area contributed by atoms with Gasteiger partial charge in [0.25, 0.3) is 0 Å². The highest BCUT2D eigenvalue weighted by molar-refractivity contribution is 9.10. The van der Waals surface area contributed by atoms with Gasteiger partial charge in [0.2, 0.25) is 5.95 Å². The summed E-state index contributed by atoms with van der Waals surface area (Å²) in [5.74, 6) is 0.816. The Hall–Kier alpha value is -0.680. The van der Waals surface area contributed by atoms with Gasteiger partial charge in [-0.25, -0.2) is 9.97 Å². The molecule has 15 heavy (non-hydrogen) atoms. The molecule has 82 valence electrons. The van der Waals surface area contributed by atoms with Crippen LogP contribution in [0.25, 0.3) is 0 Å². The molecule has 0 unspecified atom stereocenters. The van der Waals surface area contributed by atoms with Gasteiger partial charge in [0, 0.05) is 13.1 Å². The maximum absolute atomic E-state index is 5.30. The second-order valence-electron chi connectivity index (χ2n) is 3.61. The number of halogens is 1. The van der Waals surface area contributed by atoms with Gasteiger partial charge in [-0.1, -0.05) is 0 Å². The normalized spacial score (nSPS) is 16.9. The van der Waals surface area contributed by atoms with Crippen LogP contribution in [0.5, 0.6) is 0 Å². The highest BCUT2D eigenvalue weighted by Gasteiger charge is 2.15. The number of morpholine rings is 1. The maximum atomic E-state index is 5.30. The van der Waals surface area contributed by atoms with Gasteiger partial charge in [-0.15, -0.1) is 0 Å². The number of aryl methyl sites for hydroxylation is 2. The molecule has 1 aromatic heterocycles. The SMILES string of the molecule is Cc1nc(N2CCOCC2)nc(C)c1Br. The molecule has 1 aliphatic heterocycles. The van der Waals surface area contributed by atoms with E-state index in [2.05, 4.69) is 30.8 Å². The van der Waals surface area contributed by atoms with Crippen LogP contribution in [0.2, 0.25) is 0 Å². The van der Waals surface area contributed by atoms with E-state index in [0.29, 0.717) is 0 Å². The number of rotatable bonds is 1. The van der Waals surface area contributed by atoms with Crippen LogP contribution >= 0.6 is 15.9 Å². The Morgan fingerprint density at radius 1 is 1.13 bits per heavy atom. The molecule has 5 heteroatoms. The van der Waals surface area contributed by atoms with Crippen molar-refractivity contribution in [2.45, 2.75) is 13.8 Å². The lowest BCUT2D eigenvalue weighted by Gasteiger charge is -2.27. The van der Waals surface area contributed by atoms with Crippen LogP contribution in [0.3, 0.4) is 0 Å². The lowest BCUT2D eigenvalue weighted by molar-refractivity contribution is 0.122. The summed E-state index contributed by atoms with van der Waals surface area (Å²) in [4.78, 5) is 11.1. The van der Waals surface area contributed by atoms with E-state index in [4.69, 9.17) is 4.74 Å². The Morgan fingerprint density at radius 2 is 1.67 bits per heavy atom. The van der Waals surface area contributed by atoms with Crippen molar-refractivity contribution in [1.82, 2.24) is 9.97 Å². The van der Waals surface area contributed by atoms with Gasteiger partial charge >= 0.3 is 0 Å². The molecule has 1 aliphatic rings. The standard InChI is InChI=1S/C10H14BrN3O/c1-7-9(11)8(2)13-10(12-7)14-3-5-15-6-4-14/h3-6H2,1-2H3. The summed E-state index contributed by atoms with van der Waals surface area (Å²) in [7, 11) is 0. The first-order valence-corrected chi connectivity index (χ1v) is 5.81. The Morgan fingerprint density at radius 3 is 2.20 bits per heavy atom. The molecule has 0 aromatic carbocycles. The highest BCUT2D eigenvalue weighted by Crippen LogP contribution is 2.20. The zero-order chi connectivity index (χ0) is 10.8. The van der Waals surface area contributed by atoms with Crippen LogP contribution in [-0.4, -0.2) is 36.3 Å². The molecule has 0 N–H and O–H groups in total. The van der Waals surface area contributed by atoms with Crippen molar-refractivity contribution in [1.29, 1.82) is 0 Å². The summed E-state index contributed by atoms with van der Waals surface area (Å²) in [5.41, 5.74) is 1.98. The van der Waals surface area contributed by atoms with E-state index in [1.54, 1.807) is 0 Å². The fourth-order valence-electron chi connectivity index (χ4n) is 1.59. The van der Waals surface area contributed by atoms with Crippen LogP contribution < -0.4 is 4.90 Å². The van der Waals surface area contributed by atoms with Crippen molar-refractivity contribution < 1.29 is 4.74 Å². The van der Waals surface area contributed by atoms with E-state index in [0.717, 1.165) is 48.1 Å². The third-order valence-corrected chi connectivity index (χ3v) is 3.61. The van der Waals surface area contributed by atoms with Crippen LogP contribution in [0, 0.1) is 13.8 Å². The monoisotopic (exact) mass is 271 g/mol. The molecule has 0 atom stereocenters. The summed E-state index contributed by atoms with van der Waals surface area (Å²) >= 11 is 3.47. The lowest BCUT2D eigenvalue weighted by Crippen LogP contribution is -2.37. The van der Waals surface area contributed by atoms with E-state index >= 15 is 0 Å². The first-order valence-electron chi connectivity index (χ1n) is 5.02. The highest BCUT2D eigenvalue weighted by atomic mass is 79.9. The lowest BCUT2D eigenvalue weighted by atomic mass is 10.3. The Labute approximate surface area is 97.8 Å². The number of nitrogens with zero attached hydrogens (tertiary/aromatic N) is 3. The molecule has 1 aromatic rings. The van der Waals surface area contributed by atoms with Crippen molar-refractivity contribution in [3.05, 3.63) is 15.9 Å². The second-order valence-corrected chi connectivity index (χ2v) is 4.40. The predicted molar refractivity (Wildman–Crippen MR) is 62.2 cm³/mol. The van der Waals surface area contributed by atoms with Gasteiger partial charge in [-0.05, 0) is 29.8 Å². The number of anilines is 1. The van der Waals surface area contributed by atoms with Crippen LogP contribution in [0.1, 0.15) is 11.4 Å². The topological polar surface area (TPSA) is 38.2 Å². The minimum Gasteiger partial charge on any atom is -0.378 e. The fourth-order valence-corrected chi connectivity index (χ4v) is 1.77. The molecule has 2 heterocycles.